The van der Waals surface area contributed by atoms with Gasteiger partial charge in [-0.3, -0.25) is 9.69 Å². The van der Waals surface area contributed by atoms with Crippen LogP contribution < -0.4 is 11.1 Å². The molecular weight excluding hydrogens is 410 g/mol. The summed E-state index contributed by atoms with van der Waals surface area (Å²) >= 11 is 3.59. The summed E-state index contributed by atoms with van der Waals surface area (Å²) in [7, 11) is 0. The molecule has 2 aromatic rings. The second-order valence-corrected chi connectivity index (χ2v) is 8.16. The lowest BCUT2D eigenvalue weighted by Crippen LogP contribution is -2.48. The molecule has 2 aliphatic rings. The van der Waals surface area contributed by atoms with Gasteiger partial charge in [-0.15, -0.1) is 0 Å². The minimum atomic E-state index is -0.189. The van der Waals surface area contributed by atoms with Crippen molar-refractivity contribution in [2.45, 2.75) is 56.7 Å². The number of amides is 1. The van der Waals surface area contributed by atoms with E-state index < -0.39 is 0 Å². The Morgan fingerprint density at radius 3 is 2.85 bits per heavy atom. The zero-order valence-electron chi connectivity index (χ0n) is 14.9. The number of pyridine rings is 1. The molecule has 4 rings (SSSR count). The van der Waals surface area contributed by atoms with E-state index in [-0.39, 0.29) is 17.7 Å². The molecule has 0 aromatic carbocycles. The van der Waals surface area contributed by atoms with Gasteiger partial charge in [-0.1, -0.05) is 0 Å². The molecule has 3 heterocycles. The van der Waals surface area contributed by atoms with Crippen molar-refractivity contribution in [3.05, 3.63) is 22.5 Å². The molecule has 1 saturated carbocycles. The van der Waals surface area contributed by atoms with Gasteiger partial charge >= 0.3 is 0 Å². The average molecular weight is 432 g/mol. The molecule has 2 fully saturated rings. The monoisotopic (exact) mass is 431 g/mol. The van der Waals surface area contributed by atoms with E-state index in [4.69, 9.17) is 15.4 Å². The van der Waals surface area contributed by atoms with Gasteiger partial charge in [0.1, 0.15) is 11.9 Å². The number of fused-ring (bicyclic) bond motifs is 1. The quantitative estimate of drug-likeness (QED) is 0.769. The number of hydrogen-bond acceptors (Lipinski definition) is 6. The number of likely N-dealkylation sites (tertiary alicyclic amines) is 1. The first-order valence-corrected chi connectivity index (χ1v) is 10.2. The van der Waals surface area contributed by atoms with E-state index in [1.165, 1.54) is 0 Å². The zero-order valence-corrected chi connectivity index (χ0v) is 16.5. The number of primary amides is 1. The van der Waals surface area contributed by atoms with E-state index in [2.05, 4.69) is 31.1 Å². The molecule has 2 aromatic heterocycles. The molecule has 0 bridgehead atoms. The fourth-order valence-electron chi connectivity index (χ4n) is 4.41. The van der Waals surface area contributed by atoms with E-state index >= 15 is 0 Å². The van der Waals surface area contributed by atoms with Crippen molar-refractivity contribution in [3.8, 4) is 6.07 Å². The number of carbonyl (C=O) groups excluding carboxylic acids is 1. The highest BCUT2D eigenvalue weighted by Crippen LogP contribution is 2.34. The molecule has 0 radical (unpaired) electrons. The summed E-state index contributed by atoms with van der Waals surface area (Å²) in [6, 6.07) is 4.42. The predicted octanol–water partition coefficient (Wildman–Crippen LogP) is 3.13. The van der Waals surface area contributed by atoms with Gasteiger partial charge in [0.05, 0.1) is 16.7 Å². The molecule has 0 unspecified atom stereocenters. The van der Waals surface area contributed by atoms with Crippen molar-refractivity contribution >= 4 is 38.6 Å². The van der Waals surface area contributed by atoms with E-state index in [1.54, 1.807) is 12.3 Å². The van der Waals surface area contributed by atoms with Gasteiger partial charge in [0.25, 0.3) is 0 Å². The van der Waals surface area contributed by atoms with Gasteiger partial charge in [-0.2, -0.15) is 5.26 Å². The van der Waals surface area contributed by atoms with Crippen molar-refractivity contribution in [1.29, 1.82) is 5.26 Å². The molecule has 7 nitrogen and oxygen atoms in total. The summed E-state index contributed by atoms with van der Waals surface area (Å²) < 4.78 is 6.24. The summed E-state index contributed by atoms with van der Waals surface area (Å²) in [5.74, 6) is 0.859. The number of halogens is 1. The van der Waals surface area contributed by atoms with Crippen molar-refractivity contribution in [3.63, 3.8) is 0 Å². The number of furan rings is 1. The van der Waals surface area contributed by atoms with Crippen molar-refractivity contribution in [2.75, 3.05) is 11.9 Å². The second kappa shape index (κ2) is 7.49. The number of rotatable bonds is 4. The minimum absolute atomic E-state index is 0.0897. The Morgan fingerprint density at radius 1 is 1.37 bits per heavy atom. The third-order valence-corrected chi connectivity index (χ3v) is 6.56. The molecule has 1 atom stereocenters. The van der Waals surface area contributed by atoms with Crippen LogP contribution in [-0.4, -0.2) is 40.5 Å². The number of aromatic nitrogens is 1. The van der Waals surface area contributed by atoms with Crippen LogP contribution in [-0.2, 0) is 4.79 Å². The number of nitrogens with two attached hydrogens (primary N) is 1. The summed E-state index contributed by atoms with van der Waals surface area (Å²) in [4.78, 5) is 18.4. The molecule has 1 saturated heterocycles. The van der Waals surface area contributed by atoms with Gasteiger partial charge in [-0.05, 0) is 61.0 Å². The van der Waals surface area contributed by atoms with Gasteiger partial charge in [-0.25, -0.2) is 4.98 Å². The Balaban J connectivity index is 1.41. The first kappa shape index (κ1) is 18.3. The van der Waals surface area contributed by atoms with Crippen LogP contribution in [0.15, 0.2) is 21.2 Å². The third-order valence-electron chi connectivity index (χ3n) is 5.76. The van der Waals surface area contributed by atoms with Gasteiger partial charge < -0.3 is 15.5 Å². The lowest BCUT2D eigenvalue weighted by Gasteiger charge is -2.37. The van der Waals surface area contributed by atoms with Crippen LogP contribution in [0.2, 0.25) is 0 Å². The van der Waals surface area contributed by atoms with Crippen LogP contribution in [0.4, 0.5) is 5.82 Å². The highest BCUT2D eigenvalue weighted by atomic mass is 79.9. The lowest BCUT2D eigenvalue weighted by molar-refractivity contribution is -0.123. The molecule has 1 amide bonds. The van der Waals surface area contributed by atoms with E-state index in [0.29, 0.717) is 17.7 Å². The van der Waals surface area contributed by atoms with Crippen LogP contribution in [0.3, 0.4) is 0 Å². The first-order chi connectivity index (χ1) is 13.1. The SMILES string of the molecule is N#Cc1cc2c(Br)c(NC3CCC(N4CCC[C@@H]4C(N)=O)CC3)ncc2o1. The van der Waals surface area contributed by atoms with Crippen LogP contribution in [0.1, 0.15) is 44.3 Å². The number of hydrogen-bond donors (Lipinski definition) is 2. The summed E-state index contributed by atoms with van der Waals surface area (Å²) in [5.41, 5.74) is 6.16. The fourth-order valence-corrected chi connectivity index (χ4v) is 4.94. The minimum Gasteiger partial charge on any atom is -0.444 e. The Kier molecular flexibility index (Phi) is 5.06. The fraction of sp³-hybridized carbons (Fsp3) is 0.526. The highest BCUT2D eigenvalue weighted by molar-refractivity contribution is 9.10. The van der Waals surface area contributed by atoms with Crippen LogP contribution in [0.5, 0.6) is 0 Å². The maximum Gasteiger partial charge on any atom is 0.234 e. The smallest absolute Gasteiger partial charge is 0.234 e. The average Bonchev–Trinajstić information content (AvgIpc) is 3.32. The molecule has 27 heavy (non-hydrogen) atoms. The van der Waals surface area contributed by atoms with Gasteiger partial charge in [0.2, 0.25) is 11.7 Å². The maximum absolute atomic E-state index is 11.7. The molecule has 1 aliphatic carbocycles. The largest absolute Gasteiger partial charge is 0.444 e. The lowest BCUT2D eigenvalue weighted by atomic mass is 9.89. The Morgan fingerprint density at radius 2 is 2.15 bits per heavy atom. The standard InChI is InChI=1S/C19H22BrN5O2/c20-17-14-8-13(9-21)27-16(14)10-23-19(17)24-11-3-5-12(6-4-11)25-7-1-2-15(25)18(22)26/h8,10-12,15H,1-7H2,(H2,22,26)(H,23,24)/t11?,12?,15-/m1/s1. The van der Waals surface area contributed by atoms with E-state index in [9.17, 15) is 4.79 Å². The van der Waals surface area contributed by atoms with E-state index in [0.717, 1.165) is 60.7 Å². The third kappa shape index (κ3) is 3.54. The van der Waals surface area contributed by atoms with Crippen LogP contribution >= 0.6 is 15.9 Å². The van der Waals surface area contributed by atoms with Crippen LogP contribution in [0.25, 0.3) is 11.0 Å². The van der Waals surface area contributed by atoms with Crippen molar-refractivity contribution in [2.24, 2.45) is 5.73 Å². The molecule has 8 heteroatoms. The molecule has 3 N–H and O–H groups in total. The number of nitrogens with one attached hydrogen (secondary N) is 1. The topological polar surface area (TPSA) is 108 Å². The molecule has 142 valence electrons. The first-order valence-electron chi connectivity index (χ1n) is 9.36. The Bertz CT molecular complexity index is 897. The molecule has 0 spiro atoms. The number of carbonyl (C=O) groups is 1. The Labute approximate surface area is 166 Å². The summed E-state index contributed by atoms with van der Waals surface area (Å²) in [6.07, 6.45) is 7.73. The van der Waals surface area contributed by atoms with Crippen molar-refractivity contribution < 1.29 is 9.21 Å². The van der Waals surface area contributed by atoms with E-state index in [1.807, 2.05) is 6.07 Å². The molecule has 1 aliphatic heterocycles. The van der Waals surface area contributed by atoms with Gasteiger partial charge in [0.15, 0.2) is 5.58 Å². The predicted molar refractivity (Wildman–Crippen MR) is 105 cm³/mol. The Hall–Kier alpha value is -2.11. The second-order valence-electron chi connectivity index (χ2n) is 7.37. The normalized spacial score (nSPS) is 26.1. The van der Waals surface area contributed by atoms with Crippen LogP contribution in [0, 0.1) is 11.3 Å². The number of nitriles is 1. The highest BCUT2D eigenvalue weighted by Gasteiger charge is 2.36. The summed E-state index contributed by atoms with van der Waals surface area (Å²) in [6.45, 7) is 0.974. The zero-order chi connectivity index (χ0) is 19.0. The summed E-state index contributed by atoms with van der Waals surface area (Å²) in [5, 5.41) is 13.4. The molecular formula is C19H22BrN5O2. The van der Waals surface area contributed by atoms with Gasteiger partial charge in [0, 0.05) is 23.5 Å². The number of anilines is 1. The van der Waals surface area contributed by atoms with Crippen molar-refractivity contribution in [1.82, 2.24) is 9.88 Å². The maximum atomic E-state index is 11.7. The number of nitrogens with zero attached hydrogens (tertiary/aromatic N) is 3.